The number of methoxy groups -OCH3 is 1. The molecule has 0 unspecified atom stereocenters. The van der Waals surface area contributed by atoms with Crippen molar-refractivity contribution in [3.05, 3.63) is 59.9 Å². The first-order valence-corrected chi connectivity index (χ1v) is 8.76. The maximum Gasteiger partial charge on any atom is 0.325 e. The van der Waals surface area contributed by atoms with E-state index in [2.05, 4.69) is 20.3 Å². The van der Waals surface area contributed by atoms with E-state index in [1.54, 1.807) is 24.3 Å². The van der Waals surface area contributed by atoms with Crippen molar-refractivity contribution in [1.82, 2.24) is 9.88 Å². The number of benzene rings is 2. The molecule has 0 saturated heterocycles. The Bertz CT molecular complexity index is 1160. The molecular formula is C20H17FN4O5. The van der Waals surface area contributed by atoms with Crippen LogP contribution >= 0.6 is 0 Å². The number of hydrogen-bond acceptors (Lipinski definition) is 6. The Labute approximate surface area is 169 Å². The molecule has 2 aromatic carbocycles. The lowest BCUT2D eigenvalue weighted by atomic mass is 10.2. The highest BCUT2D eigenvalue weighted by Gasteiger charge is 2.19. The van der Waals surface area contributed by atoms with Crippen LogP contribution in [0.15, 0.2) is 58.8 Å². The average molecular weight is 412 g/mol. The Morgan fingerprint density at radius 2 is 1.83 bits per heavy atom. The van der Waals surface area contributed by atoms with Gasteiger partial charge in [-0.15, -0.1) is 10.2 Å². The van der Waals surface area contributed by atoms with Crippen molar-refractivity contribution in [3.8, 4) is 5.88 Å². The number of nitrogens with zero attached hydrogens (tertiary/aromatic N) is 3. The van der Waals surface area contributed by atoms with Gasteiger partial charge in [0, 0.05) is 5.39 Å². The number of para-hydroxylation sites is 1. The van der Waals surface area contributed by atoms with Crippen LogP contribution in [0.1, 0.15) is 10.4 Å². The molecule has 0 aliphatic rings. The molecular weight excluding hydrogens is 395 g/mol. The molecule has 0 bridgehead atoms. The highest BCUT2D eigenvalue weighted by atomic mass is 19.1. The van der Waals surface area contributed by atoms with Gasteiger partial charge >= 0.3 is 5.97 Å². The van der Waals surface area contributed by atoms with Crippen molar-refractivity contribution in [3.63, 3.8) is 0 Å². The molecule has 0 radical (unpaired) electrons. The number of ether oxygens (including phenoxy) is 1. The minimum atomic E-state index is -0.816. The molecule has 3 rings (SSSR count). The largest absolute Gasteiger partial charge is 0.493 e. The predicted molar refractivity (Wildman–Crippen MR) is 104 cm³/mol. The van der Waals surface area contributed by atoms with Gasteiger partial charge < -0.3 is 15.2 Å². The SMILES string of the molecule is COC(=O)Cn1c(O)c(N=NC(=O)CNC(=O)c2ccccc2F)c2ccccc21. The standard InChI is InChI=1S/C20H17FN4O5/c1-30-17(27)11-25-15-9-5-3-7-13(15)18(20(25)29)24-23-16(26)10-22-19(28)12-6-2-4-8-14(12)21/h2-9,29H,10-11H2,1H3,(H,22,28). The van der Waals surface area contributed by atoms with Crippen LogP contribution in [0.25, 0.3) is 10.9 Å². The summed E-state index contributed by atoms with van der Waals surface area (Å²) in [6.07, 6.45) is 0. The molecule has 0 saturated carbocycles. The monoisotopic (exact) mass is 412 g/mol. The van der Waals surface area contributed by atoms with Crippen LogP contribution in [-0.2, 0) is 20.9 Å². The van der Waals surface area contributed by atoms with E-state index in [1.165, 1.54) is 29.9 Å². The third-order valence-corrected chi connectivity index (χ3v) is 4.21. The number of aromatic hydroxyl groups is 1. The Morgan fingerprint density at radius 3 is 2.57 bits per heavy atom. The second-order valence-corrected chi connectivity index (χ2v) is 6.11. The van der Waals surface area contributed by atoms with Crippen molar-refractivity contribution in [2.24, 2.45) is 10.2 Å². The van der Waals surface area contributed by atoms with Gasteiger partial charge in [-0.25, -0.2) is 4.39 Å². The van der Waals surface area contributed by atoms with Crippen LogP contribution in [0.5, 0.6) is 5.88 Å². The molecule has 9 nitrogen and oxygen atoms in total. The first-order chi connectivity index (χ1) is 14.4. The Kier molecular flexibility index (Phi) is 6.16. The molecule has 2 amide bonds. The summed E-state index contributed by atoms with van der Waals surface area (Å²) in [5, 5.41) is 20.4. The minimum absolute atomic E-state index is 0.0108. The van der Waals surface area contributed by atoms with Crippen LogP contribution in [0, 0.1) is 5.82 Å². The molecule has 0 fully saturated rings. The van der Waals surface area contributed by atoms with Gasteiger partial charge in [0.15, 0.2) is 5.69 Å². The molecule has 3 aromatic rings. The van der Waals surface area contributed by atoms with E-state index in [9.17, 15) is 23.9 Å². The Balaban J connectivity index is 1.76. The second kappa shape index (κ2) is 8.95. The third kappa shape index (κ3) is 4.32. The van der Waals surface area contributed by atoms with Crippen LogP contribution in [0.3, 0.4) is 0 Å². The van der Waals surface area contributed by atoms with Crippen LogP contribution in [-0.4, -0.2) is 41.1 Å². The number of amides is 2. The first kappa shape index (κ1) is 20.6. The van der Waals surface area contributed by atoms with Crippen molar-refractivity contribution in [2.75, 3.05) is 13.7 Å². The number of hydrogen-bond donors (Lipinski definition) is 2. The van der Waals surface area contributed by atoms with E-state index in [1.807, 2.05) is 0 Å². The predicted octanol–water partition coefficient (Wildman–Crippen LogP) is 2.70. The number of halogens is 1. The molecule has 154 valence electrons. The lowest BCUT2D eigenvalue weighted by molar-refractivity contribution is -0.141. The smallest absolute Gasteiger partial charge is 0.325 e. The maximum absolute atomic E-state index is 13.6. The fourth-order valence-corrected chi connectivity index (χ4v) is 2.76. The fourth-order valence-electron chi connectivity index (χ4n) is 2.76. The van der Waals surface area contributed by atoms with E-state index in [0.717, 1.165) is 6.07 Å². The zero-order valence-electron chi connectivity index (χ0n) is 15.8. The zero-order chi connectivity index (χ0) is 21.7. The van der Waals surface area contributed by atoms with Crippen molar-refractivity contribution in [1.29, 1.82) is 0 Å². The lowest BCUT2D eigenvalue weighted by Crippen LogP contribution is -2.29. The number of nitrogens with one attached hydrogen (secondary N) is 1. The van der Waals surface area contributed by atoms with E-state index >= 15 is 0 Å². The number of aromatic nitrogens is 1. The molecule has 0 atom stereocenters. The maximum atomic E-state index is 13.6. The Morgan fingerprint density at radius 1 is 1.13 bits per heavy atom. The number of carbonyl (C=O) groups excluding carboxylic acids is 3. The highest BCUT2D eigenvalue weighted by Crippen LogP contribution is 2.38. The minimum Gasteiger partial charge on any atom is -0.493 e. The number of esters is 1. The summed E-state index contributed by atoms with van der Waals surface area (Å²) in [6.45, 7) is -0.775. The van der Waals surface area contributed by atoms with Crippen molar-refractivity contribution < 1.29 is 28.6 Å². The first-order valence-electron chi connectivity index (χ1n) is 8.76. The van der Waals surface area contributed by atoms with E-state index in [0.29, 0.717) is 10.9 Å². The zero-order valence-corrected chi connectivity index (χ0v) is 15.8. The van der Waals surface area contributed by atoms with Crippen molar-refractivity contribution >= 4 is 34.4 Å². The van der Waals surface area contributed by atoms with Gasteiger partial charge in [-0.1, -0.05) is 30.3 Å². The van der Waals surface area contributed by atoms with E-state index in [-0.39, 0.29) is 23.7 Å². The van der Waals surface area contributed by atoms with Gasteiger partial charge in [0.25, 0.3) is 11.8 Å². The van der Waals surface area contributed by atoms with Gasteiger partial charge in [0.1, 0.15) is 18.9 Å². The third-order valence-electron chi connectivity index (χ3n) is 4.21. The molecule has 1 aromatic heterocycles. The molecule has 0 spiro atoms. The van der Waals surface area contributed by atoms with Gasteiger partial charge in [-0.05, 0) is 18.2 Å². The highest BCUT2D eigenvalue weighted by molar-refractivity contribution is 5.97. The van der Waals surface area contributed by atoms with Gasteiger partial charge in [-0.3, -0.25) is 19.0 Å². The van der Waals surface area contributed by atoms with E-state index in [4.69, 9.17) is 0 Å². The number of azo groups is 1. The fraction of sp³-hybridized carbons (Fsp3) is 0.150. The molecule has 2 N–H and O–H groups in total. The number of rotatable bonds is 6. The summed E-state index contributed by atoms with van der Waals surface area (Å²) < 4.78 is 19.5. The van der Waals surface area contributed by atoms with Crippen molar-refractivity contribution in [2.45, 2.75) is 6.54 Å². The van der Waals surface area contributed by atoms with Crippen LogP contribution in [0.4, 0.5) is 10.1 Å². The van der Waals surface area contributed by atoms with E-state index < -0.39 is 30.1 Å². The average Bonchev–Trinajstić information content (AvgIpc) is 3.01. The van der Waals surface area contributed by atoms with Gasteiger partial charge in [0.05, 0.1) is 18.2 Å². The lowest BCUT2D eigenvalue weighted by Gasteiger charge is -2.04. The summed E-state index contributed by atoms with van der Waals surface area (Å²) in [4.78, 5) is 35.5. The summed E-state index contributed by atoms with van der Waals surface area (Å²) in [5.74, 6) is -3.25. The van der Waals surface area contributed by atoms with Gasteiger partial charge in [-0.2, -0.15) is 0 Å². The van der Waals surface area contributed by atoms with Gasteiger partial charge in [0.2, 0.25) is 5.88 Å². The molecule has 1 heterocycles. The summed E-state index contributed by atoms with van der Waals surface area (Å²) in [5.41, 5.74) is 0.281. The van der Waals surface area contributed by atoms with Crippen LogP contribution in [0.2, 0.25) is 0 Å². The summed E-state index contributed by atoms with van der Waals surface area (Å²) in [7, 11) is 1.22. The quantitative estimate of drug-likeness (QED) is 0.476. The number of fused-ring (bicyclic) bond motifs is 1. The summed E-state index contributed by atoms with van der Waals surface area (Å²) >= 11 is 0. The molecule has 30 heavy (non-hydrogen) atoms. The number of carbonyl (C=O) groups is 3. The Hall–Kier alpha value is -4.08. The molecule has 0 aliphatic heterocycles. The second-order valence-electron chi connectivity index (χ2n) is 6.11. The van der Waals surface area contributed by atoms with Crippen LogP contribution < -0.4 is 5.32 Å². The normalized spacial score (nSPS) is 11.0. The topological polar surface area (TPSA) is 122 Å². The summed E-state index contributed by atoms with van der Waals surface area (Å²) in [6, 6.07) is 12.0. The molecule has 10 heteroatoms. The molecule has 0 aliphatic carbocycles.